The summed E-state index contributed by atoms with van der Waals surface area (Å²) in [7, 11) is 0. The van der Waals surface area contributed by atoms with Crippen LogP contribution in [0.5, 0.6) is 0 Å². The number of carbonyl (C=O) groups excluding carboxylic acids is 1. The Labute approximate surface area is 112 Å². The van der Waals surface area contributed by atoms with Crippen LogP contribution in [0.25, 0.3) is 0 Å². The van der Waals surface area contributed by atoms with Gasteiger partial charge in [0.2, 0.25) is 0 Å². The van der Waals surface area contributed by atoms with Crippen LogP contribution in [0, 0.1) is 23.4 Å². The van der Waals surface area contributed by atoms with Gasteiger partial charge in [-0.1, -0.05) is 22.9 Å². The van der Waals surface area contributed by atoms with Crippen molar-refractivity contribution in [3.8, 4) is 0 Å². The molecular weight excluding hydrogens is 311 g/mol. The van der Waals surface area contributed by atoms with Crippen molar-refractivity contribution >= 4 is 21.8 Å². The van der Waals surface area contributed by atoms with Crippen molar-refractivity contribution in [2.75, 3.05) is 5.33 Å². The molecule has 0 aliphatic heterocycles. The number of halogens is 4. The lowest BCUT2D eigenvalue weighted by molar-refractivity contribution is 0.0925. The van der Waals surface area contributed by atoms with Crippen LogP contribution < -0.4 is 5.32 Å². The zero-order chi connectivity index (χ0) is 13.9. The molecule has 0 bridgehead atoms. The van der Waals surface area contributed by atoms with Crippen molar-refractivity contribution in [1.82, 2.24) is 5.32 Å². The third-order valence-electron chi connectivity index (χ3n) is 2.74. The van der Waals surface area contributed by atoms with Gasteiger partial charge in [0.05, 0.1) is 5.56 Å². The van der Waals surface area contributed by atoms with E-state index in [4.69, 9.17) is 0 Å². The molecule has 1 N–H and O–H groups in total. The Balaban J connectivity index is 2.89. The first-order valence-electron chi connectivity index (χ1n) is 5.38. The minimum absolute atomic E-state index is 0.127. The number of amides is 1. The normalized spacial score (nSPS) is 14.1. The fraction of sp³-hybridized carbons (Fsp3) is 0.417. The second-order valence-corrected chi connectivity index (χ2v) is 4.76. The van der Waals surface area contributed by atoms with E-state index in [1.165, 1.54) is 0 Å². The Morgan fingerprint density at radius 2 is 1.89 bits per heavy atom. The molecule has 0 saturated heterocycles. The monoisotopic (exact) mass is 323 g/mol. The van der Waals surface area contributed by atoms with Gasteiger partial charge in [0.1, 0.15) is 0 Å². The van der Waals surface area contributed by atoms with Crippen molar-refractivity contribution < 1.29 is 18.0 Å². The first-order valence-corrected chi connectivity index (χ1v) is 6.51. The summed E-state index contributed by atoms with van der Waals surface area (Å²) < 4.78 is 39.1. The van der Waals surface area contributed by atoms with E-state index >= 15 is 0 Å². The molecule has 0 radical (unpaired) electrons. The summed E-state index contributed by atoms with van der Waals surface area (Å²) in [5, 5.41) is 3.20. The molecular formula is C12H13BrF3NO. The summed E-state index contributed by atoms with van der Waals surface area (Å²) in [5.74, 6) is -5.05. The molecule has 6 heteroatoms. The standard InChI is InChI=1S/C12H13BrF3NO/c1-6(5-13)7(2)17-12(18)8-3-4-9(14)11(16)10(8)15/h3-4,6-7H,5H2,1-2H3,(H,17,18). The quantitative estimate of drug-likeness (QED) is 0.668. The van der Waals surface area contributed by atoms with Gasteiger partial charge < -0.3 is 5.32 Å². The summed E-state index contributed by atoms with van der Waals surface area (Å²) in [4.78, 5) is 11.7. The second-order valence-electron chi connectivity index (χ2n) is 4.12. The molecule has 1 rings (SSSR count). The molecule has 0 aliphatic rings. The summed E-state index contributed by atoms with van der Waals surface area (Å²) in [5.41, 5.74) is -0.498. The molecule has 0 heterocycles. The molecule has 2 nitrogen and oxygen atoms in total. The molecule has 2 atom stereocenters. The number of alkyl halides is 1. The van der Waals surface area contributed by atoms with Crippen LogP contribution in [-0.2, 0) is 0 Å². The van der Waals surface area contributed by atoms with Crippen molar-refractivity contribution in [1.29, 1.82) is 0 Å². The number of nitrogens with one attached hydrogen (secondary N) is 1. The first-order chi connectivity index (χ1) is 8.38. The molecule has 0 saturated carbocycles. The Morgan fingerprint density at radius 3 is 2.44 bits per heavy atom. The van der Waals surface area contributed by atoms with E-state index in [-0.39, 0.29) is 12.0 Å². The third kappa shape index (κ3) is 3.25. The van der Waals surface area contributed by atoms with E-state index in [2.05, 4.69) is 21.2 Å². The summed E-state index contributed by atoms with van der Waals surface area (Å²) >= 11 is 3.26. The lowest BCUT2D eigenvalue weighted by atomic mass is 10.1. The Morgan fingerprint density at radius 1 is 1.28 bits per heavy atom. The maximum Gasteiger partial charge on any atom is 0.254 e. The van der Waals surface area contributed by atoms with Gasteiger partial charge in [0.15, 0.2) is 17.5 Å². The number of carbonyl (C=O) groups is 1. The SMILES string of the molecule is CC(CBr)C(C)NC(=O)c1ccc(F)c(F)c1F. The lowest BCUT2D eigenvalue weighted by Gasteiger charge is -2.19. The predicted octanol–water partition coefficient (Wildman–Crippen LogP) is 3.25. The molecule has 0 aromatic heterocycles. The van der Waals surface area contributed by atoms with E-state index < -0.39 is 28.9 Å². The second kappa shape index (κ2) is 6.22. The van der Waals surface area contributed by atoms with Crippen LogP contribution in [0.2, 0.25) is 0 Å². The lowest BCUT2D eigenvalue weighted by Crippen LogP contribution is -2.38. The molecule has 2 unspecified atom stereocenters. The van der Waals surface area contributed by atoms with Gasteiger partial charge in [0.25, 0.3) is 5.91 Å². The zero-order valence-corrected chi connectivity index (χ0v) is 11.5. The van der Waals surface area contributed by atoms with Gasteiger partial charge >= 0.3 is 0 Å². The molecule has 0 fully saturated rings. The Bertz CT molecular complexity index is 453. The van der Waals surface area contributed by atoms with Gasteiger partial charge in [-0.2, -0.15) is 0 Å². The van der Waals surface area contributed by atoms with Crippen molar-refractivity contribution in [2.45, 2.75) is 19.9 Å². The van der Waals surface area contributed by atoms with Gasteiger partial charge in [-0.05, 0) is 25.0 Å². The summed E-state index contributed by atoms with van der Waals surface area (Å²) in [6.07, 6.45) is 0. The number of rotatable bonds is 4. The highest BCUT2D eigenvalue weighted by Gasteiger charge is 2.21. The van der Waals surface area contributed by atoms with Crippen LogP contribution in [0.4, 0.5) is 13.2 Å². The van der Waals surface area contributed by atoms with Gasteiger partial charge in [0, 0.05) is 11.4 Å². The average Bonchev–Trinajstić information content (AvgIpc) is 2.34. The molecule has 1 aromatic carbocycles. The average molecular weight is 324 g/mol. The maximum absolute atomic E-state index is 13.4. The van der Waals surface area contributed by atoms with Gasteiger partial charge in [-0.25, -0.2) is 13.2 Å². The fourth-order valence-corrected chi connectivity index (χ4v) is 1.82. The largest absolute Gasteiger partial charge is 0.349 e. The number of benzene rings is 1. The molecule has 1 aromatic rings. The Hall–Kier alpha value is -1.04. The summed E-state index contributed by atoms with van der Waals surface area (Å²) in [6.45, 7) is 3.64. The maximum atomic E-state index is 13.4. The van der Waals surface area contributed by atoms with Gasteiger partial charge in [-0.15, -0.1) is 0 Å². The van der Waals surface area contributed by atoms with E-state index in [0.717, 1.165) is 12.1 Å². The highest BCUT2D eigenvalue weighted by molar-refractivity contribution is 9.09. The highest BCUT2D eigenvalue weighted by atomic mass is 79.9. The van der Waals surface area contributed by atoms with E-state index in [9.17, 15) is 18.0 Å². The molecule has 18 heavy (non-hydrogen) atoms. The number of hydrogen-bond acceptors (Lipinski definition) is 1. The highest BCUT2D eigenvalue weighted by Crippen LogP contribution is 2.16. The summed E-state index contributed by atoms with van der Waals surface area (Å²) in [6, 6.07) is 1.44. The van der Waals surface area contributed by atoms with E-state index in [0.29, 0.717) is 5.33 Å². The molecule has 1 amide bonds. The van der Waals surface area contributed by atoms with Crippen LogP contribution >= 0.6 is 15.9 Å². The molecule has 0 spiro atoms. The van der Waals surface area contributed by atoms with E-state index in [1.54, 1.807) is 6.92 Å². The van der Waals surface area contributed by atoms with Crippen LogP contribution in [0.1, 0.15) is 24.2 Å². The van der Waals surface area contributed by atoms with Crippen molar-refractivity contribution in [2.24, 2.45) is 5.92 Å². The van der Waals surface area contributed by atoms with Gasteiger partial charge in [-0.3, -0.25) is 4.79 Å². The Kier molecular flexibility index (Phi) is 5.19. The minimum Gasteiger partial charge on any atom is -0.349 e. The minimum atomic E-state index is -1.64. The molecule has 100 valence electrons. The van der Waals surface area contributed by atoms with Crippen molar-refractivity contribution in [3.05, 3.63) is 35.1 Å². The van der Waals surface area contributed by atoms with Crippen molar-refractivity contribution in [3.63, 3.8) is 0 Å². The zero-order valence-electron chi connectivity index (χ0n) is 9.94. The predicted molar refractivity (Wildman–Crippen MR) is 66.2 cm³/mol. The van der Waals surface area contributed by atoms with Crippen LogP contribution in [0.3, 0.4) is 0 Å². The fourth-order valence-electron chi connectivity index (χ4n) is 1.26. The first kappa shape index (κ1) is 15.0. The molecule has 0 aliphatic carbocycles. The van der Waals surface area contributed by atoms with E-state index in [1.807, 2.05) is 6.92 Å². The van der Waals surface area contributed by atoms with Crippen LogP contribution in [0.15, 0.2) is 12.1 Å². The third-order valence-corrected chi connectivity index (χ3v) is 3.76. The topological polar surface area (TPSA) is 29.1 Å². The smallest absolute Gasteiger partial charge is 0.254 e. The van der Waals surface area contributed by atoms with Crippen LogP contribution in [-0.4, -0.2) is 17.3 Å². The number of hydrogen-bond donors (Lipinski definition) is 1.